The Hall–Kier alpha value is -2.69. The minimum Gasteiger partial charge on any atom is -0.463 e. The van der Waals surface area contributed by atoms with E-state index in [1.165, 1.54) is 0 Å². The summed E-state index contributed by atoms with van der Waals surface area (Å²) in [7, 11) is 0. The van der Waals surface area contributed by atoms with E-state index in [4.69, 9.17) is 28.4 Å². The Bertz CT molecular complexity index is 659. The van der Waals surface area contributed by atoms with Gasteiger partial charge in [-0.2, -0.15) is 0 Å². The molecule has 30 heavy (non-hydrogen) atoms. The van der Waals surface area contributed by atoms with E-state index in [9.17, 15) is 24.0 Å². The molecule has 1 heterocycles. The lowest BCUT2D eigenvalue weighted by Gasteiger charge is -2.43. The number of rotatable bonds is 8. The summed E-state index contributed by atoms with van der Waals surface area (Å²) >= 11 is 0. The average Bonchev–Trinajstić information content (AvgIpc) is 2.62. The van der Waals surface area contributed by atoms with Crippen LogP contribution in [0.5, 0.6) is 0 Å². The molecule has 0 radical (unpaired) electrons. The molecular weight excluding hydrogens is 404 g/mol. The van der Waals surface area contributed by atoms with Crippen LogP contribution < -0.4 is 0 Å². The van der Waals surface area contributed by atoms with Crippen molar-refractivity contribution in [2.45, 2.75) is 78.7 Å². The molecule has 0 aliphatic carbocycles. The fourth-order valence-electron chi connectivity index (χ4n) is 2.68. The van der Waals surface area contributed by atoms with Crippen molar-refractivity contribution < 1.29 is 52.4 Å². The SMILES string of the molecule is CCC(C)C(=O)OC1OC(COC(C)=O)C(OC(C)=O)C(OC(C)=O)C1OC(C)=O. The molecule has 1 saturated heterocycles. The first-order valence-corrected chi connectivity index (χ1v) is 9.47. The van der Waals surface area contributed by atoms with E-state index in [-0.39, 0.29) is 0 Å². The predicted molar refractivity (Wildman–Crippen MR) is 97.5 cm³/mol. The first-order valence-electron chi connectivity index (χ1n) is 9.47. The molecule has 0 spiro atoms. The molecule has 1 aliphatic heterocycles. The second kappa shape index (κ2) is 11.5. The second-order valence-corrected chi connectivity index (χ2v) is 6.81. The van der Waals surface area contributed by atoms with E-state index >= 15 is 0 Å². The Balaban J connectivity index is 3.33. The van der Waals surface area contributed by atoms with Gasteiger partial charge in [0.25, 0.3) is 0 Å². The van der Waals surface area contributed by atoms with Crippen LogP contribution in [0.4, 0.5) is 0 Å². The van der Waals surface area contributed by atoms with E-state index in [0.29, 0.717) is 6.42 Å². The molecule has 0 aromatic heterocycles. The van der Waals surface area contributed by atoms with E-state index < -0.39 is 73.1 Å². The van der Waals surface area contributed by atoms with E-state index in [1.54, 1.807) is 13.8 Å². The van der Waals surface area contributed by atoms with Crippen LogP contribution >= 0.6 is 0 Å². The van der Waals surface area contributed by atoms with Gasteiger partial charge in [-0.1, -0.05) is 13.8 Å². The highest BCUT2D eigenvalue weighted by atomic mass is 16.7. The summed E-state index contributed by atoms with van der Waals surface area (Å²) in [5, 5.41) is 0. The number of carbonyl (C=O) groups excluding carboxylic acids is 5. The van der Waals surface area contributed by atoms with Crippen molar-refractivity contribution in [3.8, 4) is 0 Å². The van der Waals surface area contributed by atoms with Gasteiger partial charge < -0.3 is 28.4 Å². The molecule has 6 atom stereocenters. The summed E-state index contributed by atoms with van der Waals surface area (Å²) in [4.78, 5) is 58.5. The quantitative estimate of drug-likeness (QED) is 0.394. The van der Waals surface area contributed by atoms with Gasteiger partial charge in [0.1, 0.15) is 12.7 Å². The highest BCUT2D eigenvalue weighted by Crippen LogP contribution is 2.30. The molecule has 0 saturated carbocycles. The number of hydrogen-bond donors (Lipinski definition) is 0. The topological polar surface area (TPSA) is 141 Å². The zero-order valence-corrected chi connectivity index (χ0v) is 17.9. The van der Waals surface area contributed by atoms with Crippen LogP contribution in [0.15, 0.2) is 0 Å². The van der Waals surface area contributed by atoms with Gasteiger partial charge in [-0.3, -0.25) is 24.0 Å². The maximum atomic E-state index is 12.3. The van der Waals surface area contributed by atoms with Crippen molar-refractivity contribution in [1.82, 2.24) is 0 Å². The first kappa shape index (κ1) is 25.3. The molecular formula is C19H28O11. The molecule has 0 aromatic carbocycles. The smallest absolute Gasteiger partial charge is 0.311 e. The summed E-state index contributed by atoms with van der Waals surface area (Å²) in [5.74, 6) is -4.06. The van der Waals surface area contributed by atoms with Gasteiger partial charge in [0.15, 0.2) is 12.2 Å². The van der Waals surface area contributed by atoms with Gasteiger partial charge in [0, 0.05) is 27.7 Å². The Morgan fingerprint density at radius 3 is 1.73 bits per heavy atom. The minimum absolute atomic E-state index is 0.394. The Labute approximate surface area is 174 Å². The number of hydrogen-bond acceptors (Lipinski definition) is 11. The molecule has 1 rings (SSSR count). The van der Waals surface area contributed by atoms with Gasteiger partial charge in [0.05, 0.1) is 5.92 Å². The summed E-state index contributed by atoms with van der Waals surface area (Å²) in [6.07, 6.45) is -6.27. The van der Waals surface area contributed by atoms with Crippen LogP contribution in [-0.2, 0) is 52.4 Å². The van der Waals surface area contributed by atoms with Crippen LogP contribution in [0.2, 0.25) is 0 Å². The zero-order chi connectivity index (χ0) is 23.0. The van der Waals surface area contributed by atoms with Crippen molar-refractivity contribution in [3.63, 3.8) is 0 Å². The molecule has 11 nitrogen and oxygen atoms in total. The lowest BCUT2D eigenvalue weighted by molar-refractivity contribution is -0.301. The zero-order valence-electron chi connectivity index (χ0n) is 17.9. The van der Waals surface area contributed by atoms with Crippen LogP contribution in [0.1, 0.15) is 48.0 Å². The normalized spacial score (nSPS) is 26.7. The molecule has 0 aromatic rings. The number of carbonyl (C=O) groups is 5. The summed E-state index contributed by atoms with van der Waals surface area (Å²) < 4.78 is 31.6. The Morgan fingerprint density at radius 2 is 1.27 bits per heavy atom. The van der Waals surface area contributed by atoms with Crippen LogP contribution in [-0.4, -0.2) is 67.2 Å². The largest absolute Gasteiger partial charge is 0.463 e. The van der Waals surface area contributed by atoms with Gasteiger partial charge in [0.2, 0.25) is 12.4 Å². The summed E-state index contributed by atoms with van der Waals surface area (Å²) in [5.41, 5.74) is 0. The summed E-state index contributed by atoms with van der Waals surface area (Å²) in [6.45, 7) is 7.50. The van der Waals surface area contributed by atoms with Crippen molar-refractivity contribution in [3.05, 3.63) is 0 Å². The van der Waals surface area contributed by atoms with Crippen LogP contribution in [0.3, 0.4) is 0 Å². The maximum absolute atomic E-state index is 12.3. The highest BCUT2D eigenvalue weighted by molar-refractivity contribution is 5.72. The third-order valence-electron chi connectivity index (χ3n) is 4.20. The van der Waals surface area contributed by atoms with Crippen molar-refractivity contribution in [2.24, 2.45) is 5.92 Å². The van der Waals surface area contributed by atoms with E-state index in [2.05, 4.69) is 0 Å². The van der Waals surface area contributed by atoms with Crippen LogP contribution in [0.25, 0.3) is 0 Å². The molecule has 1 fully saturated rings. The fraction of sp³-hybridized carbons (Fsp3) is 0.737. The molecule has 0 bridgehead atoms. The highest BCUT2D eigenvalue weighted by Gasteiger charge is 2.53. The van der Waals surface area contributed by atoms with E-state index in [0.717, 1.165) is 27.7 Å². The van der Waals surface area contributed by atoms with Gasteiger partial charge in [-0.05, 0) is 6.42 Å². The Morgan fingerprint density at radius 1 is 0.767 bits per heavy atom. The molecule has 6 unspecified atom stereocenters. The van der Waals surface area contributed by atoms with Gasteiger partial charge >= 0.3 is 29.8 Å². The lowest BCUT2D eigenvalue weighted by Crippen LogP contribution is -2.63. The predicted octanol–water partition coefficient (Wildman–Crippen LogP) is 0.659. The maximum Gasteiger partial charge on any atom is 0.311 e. The van der Waals surface area contributed by atoms with Crippen molar-refractivity contribution >= 4 is 29.8 Å². The van der Waals surface area contributed by atoms with Gasteiger partial charge in [-0.15, -0.1) is 0 Å². The third-order valence-corrected chi connectivity index (χ3v) is 4.20. The molecule has 11 heteroatoms. The lowest BCUT2D eigenvalue weighted by atomic mass is 9.98. The van der Waals surface area contributed by atoms with Gasteiger partial charge in [-0.25, -0.2) is 0 Å². The van der Waals surface area contributed by atoms with Crippen LogP contribution in [0, 0.1) is 5.92 Å². The molecule has 0 N–H and O–H groups in total. The number of ether oxygens (including phenoxy) is 6. The average molecular weight is 432 g/mol. The molecule has 0 amide bonds. The summed E-state index contributed by atoms with van der Waals surface area (Å²) in [6, 6.07) is 0. The Kier molecular flexibility index (Phi) is 9.70. The van der Waals surface area contributed by atoms with E-state index in [1.807, 2.05) is 0 Å². The molecule has 170 valence electrons. The molecule has 1 aliphatic rings. The number of esters is 5. The van der Waals surface area contributed by atoms with Crippen molar-refractivity contribution in [2.75, 3.05) is 6.61 Å². The standard InChI is InChI=1S/C19H28O11/c1-7-9(2)18(24)30-19-17(28-13(6)23)16(27-12(5)22)15(26-11(4)21)14(29-19)8-25-10(3)20/h9,14-17,19H,7-8H2,1-6H3. The first-order chi connectivity index (χ1) is 14.0. The third kappa shape index (κ3) is 7.62. The fourth-order valence-corrected chi connectivity index (χ4v) is 2.68. The minimum atomic E-state index is -1.49. The second-order valence-electron chi connectivity index (χ2n) is 6.81. The van der Waals surface area contributed by atoms with Crippen molar-refractivity contribution in [1.29, 1.82) is 0 Å². The monoisotopic (exact) mass is 432 g/mol.